The zero-order valence-corrected chi connectivity index (χ0v) is 15.9. The number of aromatic nitrogens is 1. The Morgan fingerprint density at radius 1 is 1.27 bits per heavy atom. The van der Waals surface area contributed by atoms with Crippen molar-refractivity contribution < 1.29 is 22.7 Å². The second kappa shape index (κ2) is 6.67. The van der Waals surface area contributed by atoms with Crippen LogP contribution in [-0.2, 0) is 14.8 Å². The Morgan fingerprint density at radius 2 is 2.00 bits per heavy atom. The number of carbonyl (C=O) groups excluding carboxylic acids is 1. The SMILES string of the molecule is CS(=O)(=O)N1CCCC[C@@H]1C(=O)Nc1nc2cc3c(cc2s1)OCCO3. The van der Waals surface area contributed by atoms with E-state index in [0.29, 0.717) is 48.3 Å². The van der Waals surface area contributed by atoms with E-state index in [9.17, 15) is 13.2 Å². The summed E-state index contributed by atoms with van der Waals surface area (Å²) in [6.07, 6.45) is 3.25. The number of ether oxygens (including phenoxy) is 2. The maximum absolute atomic E-state index is 12.7. The molecule has 1 saturated heterocycles. The third-order valence-electron chi connectivity index (χ3n) is 4.46. The van der Waals surface area contributed by atoms with Gasteiger partial charge in [-0.1, -0.05) is 17.8 Å². The Kier molecular flexibility index (Phi) is 4.49. The molecule has 0 spiro atoms. The van der Waals surface area contributed by atoms with E-state index in [1.165, 1.54) is 15.6 Å². The van der Waals surface area contributed by atoms with Crippen LogP contribution in [0.15, 0.2) is 12.1 Å². The van der Waals surface area contributed by atoms with E-state index in [2.05, 4.69) is 10.3 Å². The fourth-order valence-electron chi connectivity index (χ4n) is 3.27. The molecule has 0 aliphatic carbocycles. The van der Waals surface area contributed by atoms with E-state index in [0.717, 1.165) is 23.8 Å². The zero-order valence-electron chi connectivity index (χ0n) is 14.2. The van der Waals surface area contributed by atoms with Crippen molar-refractivity contribution in [1.29, 1.82) is 0 Å². The highest BCUT2D eigenvalue weighted by Crippen LogP contribution is 2.38. The number of nitrogens with one attached hydrogen (secondary N) is 1. The summed E-state index contributed by atoms with van der Waals surface area (Å²) in [6.45, 7) is 1.37. The number of fused-ring (bicyclic) bond motifs is 2. The maximum Gasteiger partial charge on any atom is 0.244 e. The highest BCUT2D eigenvalue weighted by Gasteiger charge is 2.34. The van der Waals surface area contributed by atoms with Crippen LogP contribution in [0.25, 0.3) is 10.2 Å². The maximum atomic E-state index is 12.7. The molecule has 2 aliphatic heterocycles. The number of benzene rings is 1. The van der Waals surface area contributed by atoms with Gasteiger partial charge in [0.25, 0.3) is 0 Å². The summed E-state index contributed by atoms with van der Waals surface area (Å²) in [7, 11) is -3.43. The molecule has 0 unspecified atom stereocenters. The first-order chi connectivity index (χ1) is 12.4. The van der Waals surface area contributed by atoms with Gasteiger partial charge in [0, 0.05) is 18.7 Å². The average molecular weight is 397 g/mol. The Bertz CT molecular complexity index is 913. The van der Waals surface area contributed by atoms with Crippen LogP contribution in [0.1, 0.15) is 19.3 Å². The molecule has 1 amide bonds. The molecule has 0 bridgehead atoms. The van der Waals surface area contributed by atoms with Gasteiger partial charge in [-0.25, -0.2) is 13.4 Å². The van der Waals surface area contributed by atoms with Crippen molar-refractivity contribution in [2.75, 3.05) is 31.3 Å². The van der Waals surface area contributed by atoms with Crippen molar-refractivity contribution in [1.82, 2.24) is 9.29 Å². The standard InChI is InChI=1S/C16H19N3O5S2/c1-26(21,22)19-5-3-2-4-11(19)15(20)18-16-17-10-8-12-13(9-14(10)25-16)24-7-6-23-12/h8-9,11H,2-7H2,1H3,(H,17,18,20)/t11-/m1/s1. The quantitative estimate of drug-likeness (QED) is 0.848. The molecule has 2 aromatic rings. The number of nitrogens with zero attached hydrogens (tertiary/aromatic N) is 2. The van der Waals surface area contributed by atoms with Crippen molar-refractivity contribution in [3.05, 3.63) is 12.1 Å². The van der Waals surface area contributed by atoms with Crippen LogP contribution >= 0.6 is 11.3 Å². The predicted molar refractivity (Wildman–Crippen MR) is 98.4 cm³/mol. The molecule has 26 heavy (non-hydrogen) atoms. The number of hydrogen-bond donors (Lipinski definition) is 1. The van der Waals surface area contributed by atoms with E-state index >= 15 is 0 Å². The second-order valence-corrected chi connectivity index (χ2v) is 9.32. The molecule has 1 N–H and O–H groups in total. The fourth-order valence-corrected chi connectivity index (χ4v) is 5.27. The smallest absolute Gasteiger partial charge is 0.244 e. The van der Waals surface area contributed by atoms with Crippen LogP contribution in [0.5, 0.6) is 11.5 Å². The first kappa shape index (κ1) is 17.5. The molecular weight excluding hydrogens is 378 g/mol. The molecule has 0 radical (unpaired) electrons. The molecule has 4 rings (SSSR count). The van der Waals surface area contributed by atoms with Gasteiger partial charge in [0.15, 0.2) is 16.6 Å². The lowest BCUT2D eigenvalue weighted by molar-refractivity contribution is -0.120. The van der Waals surface area contributed by atoms with Crippen molar-refractivity contribution >= 4 is 42.6 Å². The van der Waals surface area contributed by atoms with Gasteiger partial charge in [-0.3, -0.25) is 4.79 Å². The van der Waals surface area contributed by atoms with Gasteiger partial charge in [-0.2, -0.15) is 4.31 Å². The Balaban J connectivity index is 1.57. The molecule has 1 aromatic heterocycles. The number of thiazole rings is 1. The number of sulfonamides is 1. The van der Waals surface area contributed by atoms with Crippen molar-refractivity contribution in [2.24, 2.45) is 0 Å². The first-order valence-corrected chi connectivity index (χ1v) is 11.1. The topological polar surface area (TPSA) is 97.8 Å². The molecule has 1 aromatic carbocycles. The van der Waals surface area contributed by atoms with Crippen LogP contribution in [-0.4, -0.2) is 55.7 Å². The summed E-state index contributed by atoms with van der Waals surface area (Å²) < 4.78 is 37.1. The zero-order chi connectivity index (χ0) is 18.3. The lowest BCUT2D eigenvalue weighted by Crippen LogP contribution is -2.49. The lowest BCUT2D eigenvalue weighted by atomic mass is 10.0. The van der Waals surface area contributed by atoms with Gasteiger partial charge in [-0.05, 0) is 12.8 Å². The van der Waals surface area contributed by atoms with Crippen molar-refractivity contribution in [3.63, 3.8) is 0 Å². The van der Waals surface area contributed by atoms with Gasteiger partial charge in [0.1, 0.15) is 19.3 Å². The number of carbonyl (C=O) groups is 1. The molecule has 8 nitrogen and oxygen atoms in total. The fraction of sp³-hybridized carbons (Fsp3) is 0.500. The Morgan fingerprint density at radius 3 is 2.73 bits per heavy atom. The van der Waals surface area contributed by atoms with Gasteiger partial charge < -0.3 is 14.8 Å². The highest BCUT2D eigenvalue weighted by atomic mass is 32.2. The average Bonchev–Trinajstić information content (AvgIpc) is 2.99. The molecule has 2 aliphatic rings. The summed E-state index contributed by atoms with van der Waals surface area (Å²) in [5, 5.41) is 3.21. The minimum Gasteiger partial charge on any atom is -0.486 e. The van der Waals surface area contributed by atoms with Gasteiger partial charge in [0.05, 0.1) is 16.5 Å². The van der Waals surface area contributed by atoms with E-state index in [1.54, 1.807) is 6.07 Å². The number of rotatable bonds is 3. The third kappa shape index (κ3) is 3.36. The monoisotopic (exact) mass is 397 g/mol. The van der Waals surface area contributed by atoms with Gasteiger partial charge in [0.2, 0.25) is 15.9 Å². The Labute approximate surface area is 155 Å². The molecule has 140 valence electrons. The molecule has 1 fully saturated rings. The van der Waals surface area contributed by atoms with Crippen LogP contribution in [0, 0.1) is 0 Å². The van der Waals surface area contributed by atoms with Crippen LogP contribution in [0.4, 0.5) is 5.13 Å². The van der Waals surface area contributed by atoms with E-state index in [-0.39, 0.29) is 5.91 Å². The molecule has 10 heteroatoms. The van der Waals surface area contributed by atoms with Crippen molar-refractivity contribution in [2.45, 2.75) is 25.3 Å². The summed E-state index contributed by atoms with van der Waals surface area (Å²) >= 11 is 1.32. The van der Waals surface area contributed by atoms with E-state index in [1.807, 2.05) is 6.07 Å². The number of piperidine rings is 1. The number of anilines is 1. The summed E-state index contributed by atoms with van der Waals surface area (Å²) in [6, 6.07) is 2.95. The lowest BCUT2D eigenvalue weighted by Gasteiger charge is -2.32. The summed E-state index contributed by atoms with van der Waals surface area (Å²) in [5.41, 5.74) is 0.707. The predicted octanol–water partition coefficient (Wildman–Crippen LogP) is 1.82. The van der Waals surface area contributed by atoms with E-state index < -0.39 is 16.1 Å². The van der Waals surface area contributed by atoms with Crippen LogP contribution in [0.2, 0.25) is 0 Å². The highest BCUT2D eigenvalue weighted by molar-refractivity contribution is 7.88. The van der Waals surface area contributed by atoms with Gasteiger partial charge in [-0.15, -0.1) is 0 Å². The number of hydrogen-bond acceptors (Lipinski definition) is 7. The molecule has 1 atom stereocenters. The molecular formula is C16H19N3O5S2. The first-order valence-electron chi connectivity index (χ1n) is 8.40. The van der Waals surface area contributed by atoms with Gasteiger partial charge >= 0.3 is 0 Å². The Hall–Kier alpha value is -1.91. The third-order valence-corrected chi connectivity index (χ3v) is 6.69. The molecule has 0 saturated carbocycles. The number of amides is 1. The minimum absolute atomic E-state index is 0.341. The second-order valence-electron chi connectivity index (χ2n) is 6.36. The van der Waals surface area contributed by atoms with Crippen LogP contribution in [0.3, 0.4) is 0 Å². The normalized spacial score (nSPS) is 20.9. The largest absolute Gasteiger partial charge is 0.486 e. The molecule has 3 heterocycles. The minimum atomic E-state index is -3.43. The summed E-state index contributed by atoms with van der Waals surface area (Å²) in [4.78, 5) is 17.1. The van der Waals surface area contributed by atoms with E-state index in [4.69, 9.17) is 9.47 Å². The van der Waals surface area contributed by atoms with Crippen molar-refractivity contribution in [3.8, 4) is 11.5 Å². The van der Waals surface area contributed by atoms with Crippen LogP contribution < -0.4 is 14.8 Å². The summed E-state index contributed by atoms with van der Waals surface area (Å²) in [5.74, 6) is 0.967.